The lowest BCUT2D eigenvalue weighted by molar-refractivity contribution is 0.0827. The van der Waals surface area contributed by atoms with E-state index in [1.54, 1.807) is 33.5 Å². The highest BCUT2D eigenvalue weighted by Gasteiger charge is 2.07. The zero-order chi connectivity index (χ0) is 14.1. The summed E-state index contributed by atoms with van der Waals surface area (Å²) in [5.41, 5.74) is 0.591. The van der Waals surface area contributed by atoms with E-state index in [-0.39, 0.29) is 5.91 Å². The van der Waals surface area contributed by atoms with E-state index in [0.717, 1.165) is 25.5 Å². The molecular weight excluding hydrogens is 244 g/mol. The van der Waals surface area contributed by atoms with Crippen molar-refractivity contribution in [3.63, 3.8) is 0 Å². The summed E-state index contributed by atoms with van der Waals surface area (Å²) in [4.78, 5) is 17.4. The monoisotopic (exact) mass is 266 g/mol. The zero-order valence-corrected chi connectivity index (χ0v) is 11.8. The van der Waals surface area contributed by atoms with E-state index in [4.69, 9.17) is 4.74 Å². The fraction of sp³-hybridized carbons (Fsp3) is 0.538. The molecule has 0 unspecified atom stereocenters. The number of aromatic nitrogens is 1. The van der Waals surface area contributed by atoms with Crippen molar-refractivity contribution in [2.75, 3.05) is 52.8 Å². The molecule has 6 heteroatoms. The minimum atomic E-state index is -0.0414. The molecule has 19 heavy (non-hydrogen) atoms. The van der Waals surface area contributed by atoms with Gasteiger partial charge in [-0.15, -0.1) is 0 Å². The second-order valence-electron chi connectivity index (χ2n) is 4.30. The molecule has 1 heterocycles. The average molecular weight is 266 g/mol. The summed E-state index contributed by atoms with van der Waals surface area (Å²) in [6.07, 6.45) is 1.59. The van der Waals surface area contributed by atoms with Crippen molar-refractivity contribution in [3.05, 3.63) is 23.9 Å². The van der Waals surface area contributed by atoms with E-state index in [0.29, 0.717) is 12.2 Å². The van der Waals surface area contributed by atoms with Crippen LogP contribution in [0, 0.1) is 0 Å². The molecule has 0 aliphatic rings. The average Bonchev–Trinajstić information content (AvgIpc) is 2.42. The molecule has 1 aromatic rings. The van der Waals surface area contributed by atoms with E-state index in [1.807, 2.05) is 6.07 Å². The zero-order valence-electron chi connectivity index (χ0n) is 11.8. The van der Waals surface area contributed by atoms with Crippen molar-refractivity contribution >= 4 is 11.7 Å². The number of amides is 1. The Hall–Kier alpha value is -1.66. The predicted octanol–water partition coefficient (Wildman–Crippen LogP) is 0.431. The lowest BCUT2D eigenvalue weighted by Gasteiger charge is -2.11. The van der Waals surface area contributed by atoms with Crippen LogP contribution in [-0.2, 0) is 4.74 Å². The van der Waals surface area contributed by atoms with Gasteiger partial charge in [-0.1, -0.05) is 0 Å². The summed E-state index contributed by atoms with van der Waals surface area (Å²) in [5, 5.41) is 6.40. The Morgan fingerprint density at radius 2 is 2.11 bits per heavy atom. The van der Waals surface area contributed by atoms with E-state index in [1.165, 1.54) is 4.90 Å². The molecule has 1 aromatic heterocycles. The van der Waals surface area contributed by atoms with E-state index >= 15 is 0 Å². The summed E-state index contributed by atoms with van der Waals surface area (Å²) in [7, 11) is 5.13. The minimum Gasteiger partial charge on any atom is -0.383 e. The molecule has 6 nitrogen and oxygen atoms in total. The molecule has 106 valence electrons. The van der Waals surface area contributed by atoms with Crippen LogP contribution in [0.2, 0.25) is 0 Å². The van der Waals surface area contributed by atoms with Crippen molar-refractivity contribution in [1.29, 1.82) is 0 Å². The molecule has 0 aromatic carbocycles. The number of methoxy groups -OCH3 is 1. The molecule has 1 amide bonds. The molecule has 0 bridgehead atoms. The molecule has 0 radical (unpaired) electrons. The summed E-state index contributed by atoms with van der Waals surface area (Å²) in [6.45, 7) is 3.16. The highest BCUT2D eigenvalue weighted by atomic mass is 16.5. The third-order valence-electron chi connectivity index (χ3n) is 2.51. The van der Waals surface area contributed by atoms with Crippen LogP contribution >= 0.6 is 0 Å². The van der Waals surface area contributed by atoms with Crippen LogP contribution in [0.25, 0.3) is 0 Å². The lowest BCUT2D eigenvalue weighted by Crippen LogP contribution is -2.25. The molecule has 0 saturated heterocycles. The van der Waals surface area contributed by atoms with Crippen molar-refractivity contribution in [1.82, 2.24) is 15.2 Å². The molecule has 1 rings (SSSR count). The van der Waals surface area contributed by atoms with Crippen LogP contribution in [0.15, 0.2) is 18.3 Å². The maximum Gasteiger partial charge on any atom is 0.254 e. The number of hydrogen-bond donors (Lipinski definition) is 2. The summed E-state index contributed by atoms with van der Waals surface area (Å²) < 4.78 is 4.93. The SMILES string of the molecule is COCCNCCNc1ccc(C(=O)N(C)C)cn1. The molecule has 0 aliphatic heterocycles. The Bertz CT molecular complexity index is 379. The highest BCUT2D eigenvalue weighted by molar-refractivity contribution is 5.93. The second-order valence-corrected chi connectivity index (χ2v) is 4.30. The van der Waals surface area contributed by atoms with Gasteiger partial charge in [0.05, 0.1) is 12.2 Å². The quantitative estimate of drug-likeness (QED) is 0.668. The van der Waals surface area contributed by atoms with Crippen LogP contribution in [-0.4, -0.2) is 63.2 Å². The number of anilines is 1. The first-order chi connectivity index (χ1) is 9.15. The highest BCUT2D eigenvalue weighted by Crippen LogP contribution is 2.06. The van der Waals surface area contributed by atoms with Crippen molar-refractivity contribution < 1.29 is 9.53 Å². The normalized spacial score (nSPS) is 10.3. The Labute approximate surface area is 114 Å². The Kier molecular flexibility index (Phi) is 6.84. The third kappa shape index (κ3) is 5.67. The van der Waals surface area contributed by atoms with Gasteiger partial charge in [-0.25, -0.2) is 4.98 Å². The van der Waals surface area contributed by atoms with Gasteiger partial charge < -0.3 is 20.3 Å². The maximum absolute atomic E-state index is 11.7. The van der Waals surface area contributed by atoms with Crippen LogP contribution in [0.4, 0.5) is 5.82 Å². The first-order valence-electron chi connectivity index (χ1n) is 6.26. The molecular formula is C13H22N4O2. The Morgan fingerprint density at radius 3 is 2.68 bits per heavy atom. The number of hydrogen-bond acceptors (Lipinski definition) is 5. The number of carbonyl (C=O) groups excluding carboxylic acids is 1. The maximum atomic E-state index is 11.7. The van der Waals surface area contributed by atoms with Gasteiger partial charge in [0.25, 0.3) is 5.91 Å². The summed E-state index contributed by atoms with van der Waals surface area (Å²) in [5.74, 6) is 0.726. The topological polar surface area (TPSA) is 66.5 Å². The number of carbonyl (C=O) groups is 1. The van der Waals surface area contributed by atoms with Gasteiger partial charge in [-0.2, -0.15) is 0 Å². The molecule has 0 spiro atoms. The standard InChI is InChI=1S/C13H22N4O2/c1-17(2)13(18)11-4-5-12(16-10-11)15-7-6-14-8-9-19-3/h4-5,10,14H,6-9H2,1-3H3,(H,15,16). The van der Waals surface area contributed by atoms with E-state index in [9.17, 15) is 4.79 Å². The fourth-order valence-corrected chi connectivity index (χ4v) is 1.46. The number of nitrogens with one attached hydrogen (secondary N) is 2. The number of nitrogens with zero attached hydrogens (tertiary/aromatic N) is 2. The molecule has 0 fully saturated rings. The Balaban J connectivity index is 2.30. The molecule has 0 atom stereocenters. The molecule has 2 N–H and O–H groups in total. The van der Waals surface area contributed by atoms with Crippen LogP contribution < -0.4 is 10.6 Å². The Morgan fingerprint density at radius 1 is 1.32 bits per heavy atom. The van der Waals surface area contributed by atoms with Crippen molar-refractivity contribution in [2.45, 2.75) is 0 Å². The predicted molar refractivity (Wildman–Crippen MR) is 75.5 cm³/mol. The van der Waals surface area contributed by atoms with Gasteiger partial charge in [-0.3, -0.25) is 4.79 Å². The van der Waals surface area contributed by atoms with Gasteiger partial charge in [0.1, 0.15) is 5.82 Å². The van der Waals surface area contributed by atoms with Crippen LogP contribution in [0.1, 0.15) is 10.4 Å². The van der Waals surface area contributed by atoms with Crippen LogP contribution in [0.5, 0.6) is 0 Å². The van der Waals surface area contributed by atoms with E-state index < -0.39 is 0 Å². The number of rotatable bonds is 8. The smallest absolute Gasteiger partial charge is 0.254 e. The van der Waals surface area contributed by atoms with Gasteiger partial charge in [0, 0.05) is 47.0 Å². The summed E-state index contributed by atoms with van der Waals surface area (Å²) in [6, 6.07) is 3.59. The van der Waals surface area contributed by atoms with Crippen molar-refractivity contribution in [3.8, 4) is 0 Å². The summed E-state index contributed by atoms with van der Waals surface area (Å²) >= 11 is 0. The lowest BCUT2D eigenvalue weighted by atomic mass is 10.2. The first-order valence-corrected chi connectivity index (χ1v) is 6.26. The van der Waals surface area contributed by atoms with Gasteiger partial charge in [0.15, 0.2) is 0 Å². The van der Waals surface area contributed by atoms with Crippen molar-refractivity contribution in [2.24, 2.45) is 0 Å². The van der Waals surface area contributed by atoms with Gasteiger partial charge >= 0.3 is 0 Å². The van der Waals surface area contributed by atoms with E-state index in [2.05, 4.69) is 15.6 Å². The molecule has 0 saturated carbocycles. The number of ether oxygens (including phenoxy) is 1. The fourth-order valence-electron chi connectivity index (χ4n) is 1.46. The second kappa shape index (κ2) is 8.44. The molecule has 0 aliphatic carbocycles. The minimum absolute atomic E-state index is 0.0414. The largest absolute Gasteiger partial charge is 0.383 e. The van der Waals surface area contributed by atoms with Crippen LogP contribution in [0.3, 0.4) is 0 Å². The first kappa shape index (κ1) is 15.4. The van der Waals surface area contributed by atoms with Gasteiger partial charge in [0.2, 0.25) is 0 Å². The number of pyridine rings is 1. The van der Waals surface area contributed by atoms with Gasteiger partial charge in [-0.05, 0) is 12.1 Å². The third-order valence-corrected chi connectivity index (χ3v) is 2.51.